The number of rotatable bonds is 5. The summed E-state index contributed by atoms with van der Waals surface area (Å²) in [5.74, 6) is 1.25. The maximum absolute atomic E-state index is 6.46. The second kappa shape index (κ2) is 11.5. The van der Waals surface area contributed by atoms with E-state index in [2.05, 4.69) is 38.8 Å². The molecule has 204 valence electrons. The molecule has 3 aliphatic heterocycles. The van der Waals surface area contributed by atoms with Gasteiger partial charge in [0.1, 0.15) is 22.6 Å². The first-order valence-electron chi connectivity index (χ1n) is 14.1. The fourth-order valence-corrected chi connectivity index (χ4v) is 6.46. The van der Waals surface area contributed by atoms with Crippen LogP contribution in [-0.2, 0) is 5.54 Å². The lowest BCUT2D eigenvalue weighted by Crippen LogP contribution is -3.23. The number of methoxy groups -OCH3 is 1. The third kappa shape index (κ3) is 5.21. The van der Waals surface area contributed by atoms with Gasteiger partial charge in [-0.15, -0.1) is 0 Å². The van der Waals surface area contributed by atoms with Crippen molar-refractivity contribution in [2.45, 2.75) is 50.5 Å². The van der Waals surface area contributed by atoms with Gasteiger partial charge in [0.05, 0.1) is 55.4 Å². The van der Waals surface area contributed by atoms with Crippen LogP contribution < -0.4 is 20.3 Å². The molecule has 0 bridgehead atoms. The quantitative estimate of drug-likeness (QED) is 0.339. The Balaban J connectivity index is 0.000000346. The van der Waals surface area contributed by atoms with Crippen molar-refractivity contribution in [2.24, 2.45) is 0 Å². The summed E-state index contributed by atoms with van der Waals surface area (Å²) in [4.78, 5) is 15.2. The summed E-state index contributed by atoms with van der Waals surface area (Å²) in [7, 11) is 1.70. The van der Waals surface area contributed by atoms with E-state index in [1.165, 1.54) is 76.7 Å². The van der Waals surface area contributed by atoms with Crippen molar-refractivity contribution in [2.75, 3.05) is 38.6 Å². The third-order valence-electron chi connectivity index (χ3n) is 8.47. The van der Waals surface area contributed by atoms with Crippen LogP contribution in [0.5, 0.6) is 5.75 Å². The van der Waals surface area contributed by atoms with Crippen molar-refractivity contribution in [1.29, 1.82) is 0 Å². The number of pyridine rings is 1. The first-order valence-corrected chi connectivity index (χ1v) is 14.5. The first kappa shape index (κ1) is 26.0. The molecule has 0 aliphatic carbocycles. The second-order valence-electron chi connectivity index (χ2n) is 10.7. The predicted molar refractivity (Wildman–Crippen MR) is 155 cm³/mol. The van der Waals surface area contributed by atoms with Crippen LogP contribution in [0.25, 0.3) is 17.0 Å². The second-order valence-corrected chi connectivity index (χ2v) is 11.1. The van der Waals surface area contributed by atoms with Gasteiger partial charge >= 0.3 is 0 Å². The molecule has 8 nitrogen and oxygen atoms in total. The van der Waals surface area contributed by atoms with E-state index < -0.39 is 0 Å². The number of anilines is 2. The molecule has 3 saturated heterocycles. The largest absolute Gasteiger partial charge is 0.495 e. The highest BCUT2D eigenvalue weighted by Gasteiger charge is 2.54. The number of fused-ring (bicyclic) bond motifs is 2. The van der Waals surface area contributed by atoms with Gasteiger partial charge in [-0.3, -0.25) is 4.40 Å². The SMILES string of the molecule is C1CCCNCC1.COc1cc(C23CCC[NH+]2CC3)ccc1Nc1ncc(Cl)c(-c2cnc3ccccn23)n1. The van der Waals surface area contributed by atoms with E-state index in [1.54, 1.807) is 24.4 Å². The highest BCUT2D eigenvalue weighted by Crippen LogP contribution is 2.39. The molecule has 1 aromatic carbocycles. The van der Waals surface area contributed by atoms with Crippen molar-refractivity contribution in [1.82, 2.24) is 24.7 Å². The Morgan fingerprint density at radius 2 is 1.87 bits per heavy atom. The van der Waals surface area contributed by atoms with Gasteiger partial charge in [-0.25, -0.2) is 15.0 Å². The minimum Gasteiger partial charge on any atom is -0.495 e. The van der Waals surface area contributed by atoms with E-state index in [0.717, 1.165) is 22.8 Å². The van der Waals surface area contributed by atoms with Gasteiger partial charge in [-0.1, -0.05) is 36.6 Å². The summed E-state index contributed by atoms with van der Waals surface area (Å²) in [6, 6.07) is 12.3. The van der Waals surface area contributed by atoms with Gasteiger partial charge in [0.25, 0.3) is 0 Å². The molecule has 0 saturated carbocycles. The van der Waals surface area contributed by atoms with Gasteiger partial charge < -0.3 is 20.3 Å². The summed E-state index contributed by atoms with van der Waals surface area (Å²) < 4.78 is 7.70. The van der Waals surface area contributed by atoms with Crippen LogP contribution in [0.1, 0.15) is 50.5 Å². The normalized spacial score (nSPS) is 22.3. The zero-order valence-corrected chi connectivity index (χ0v) is 23.3. The predicted octanol–water partition coefficient (Wildman–Crippen LogP) is 4.62. The fourth-order valence-electron chi connectivity index (χ4n) is 6.27. The number of imidazole rings is 1. The molecular formula is C30H37ClN7O+. The van der Waals surface area contributed by atoms with Crippen LogP contribution >= 0.6 is 11.6 Å². The Morgan fingerprint density at radius 3 is 2.64 bits per heavy atom. The van der Waals surface area contributed by atoms with E-state index in [9.17, 15) is 0 Å². The molecule has 0 spiro atoms. The van der Waals surface area contributed by atoms with Gasteiger partial charge in [-0.2, -0.15) is 0 Å². The number of ether oxygens (including phenoxy) is 1. The highest BCUT2D eigenvalue weighted by atomic mass is 35.5. The molecule has 3 aromatic heterocycles. The van der Waals surface area contributed by atoms with Crippen molar-refractivity contribution in [3.8, 4) is 17.1 Å². The van der Waals surface area contributed by atoms with Gasteiger partial charge in [0.15, 0.2) is 0 Å². The number of benzene rings is 1. The van der Waals surface area contributed by atoms with Crippen LogP contribution in [-0.4, -0.2) is 52.6 Å². The Labute approximate surface area is 234 Å². The number of hydrogen-bond donors (Lipinski definition) is 3. The average molecular weight is 547 g/mol. The van der Waals surface area contributed by atoms with Crippen LogP contribution in [0, 0.1) is 0 Å². The summed E-state index contributed by atoms with van der Waals surface area (Å²) in [6.07, 6.45) is 14.8. The maximum atomic E-state index is 6.46. The number of halogens is 1. The Bertz CT molecular complexity index is 1420. The molecule has 3 N–H and O–H groups in total. The maximum Gasteiger partial charge on any atom is 0.227 e. The van der Waals surface area contributed by atoms with Crippen LogP contribution in [0.2, 0.25) is 5.02 Å². The standard InChI is InChI=1S/C24H23ClN6O.C6H13N/c1-32-20-13-16(24-8-4-10-30(24)12-9-24)6-7-18(20)28-23-27-14-17(25)22(29-23)19-15-26-21-5-2-3-11-31(19)21;1-2-4-6-7-5-3-1/h2-3,5-7,11,13-15H,4,8-10,12H2,1H3,(H,27,28,29);7H,1-6H2/p+1. The van der Waals surface area contributed by atoms with E-state index >= 15 is 0 Å². The first-order chi connectivity index (χ1) is 19.2. The van der Waals surface area contributed by atoms with E-state index in [0.29, 0.717) is 16.7 Å². The smallest absolute Gasteiger partial charge is 0.227 e. The average Bonchev–Trinajstić information content (AvgIpc) is 3.35. The highest BCUT2D eigenvalue weighted by molar-refractivity contribution is 6.32. The molecule has 0 amide bonds. The molecule has 3 fully saturated rings. The molecule has 0 radical (unpaired) electrons. The molecule has 3 aliphatic rings. The van der Waals surface area contributed by atoms with Gasteiger partial charge in [-0.05, 0) is 50.2 Å². The van der Waals surface area contributed by atoms with E-state index in [-0.39, 0.29) is 5.54 Å². The van der Waals surface area contributed by atoms with Crippen molar-refractivity contribution < 1.29 is 9.64 Å². The monoisotopic (exact) mass is 546 g/mol. The summed E-state index contributed by atoms with van der Waals surface area (Å²) in [6.45, 7) is 5.04. The Morgan fingerprint density at radius 1 is 1.00 bits per heavy atom. The molecule has 2 atom stereocenters. The number of quaternary nitrogens is 1. The zero-order valence-electron chi connectivity index (χ0n) is 22.5. The van der Waals surface area contributed by atoms with Gasteiger partial charge in [0.2, 0.25) is 5.95 Å². The number of hydrogen-bond acceptors (Lipinski definition) is 6. The van der Waals surface area contributed by atoms with Crippen LogP contribution in [0.3, 0.4) is 0 Å². The van der Waals surface area contributed by atoms with Crippen molar-refractivity contribution in [3.05, 3.63) is 65.6 Å². The lowest BCUT2D eigenvalue weighted by atomic mass is 9.78. The van der Waals surface area contributed by atoms with E-state index in [1.807, 2.05) is 28.8 Å². The third-order valence-corrected chi connectivity index (χ3v) is 8.75. The van der Waals surface area contributed by atoms with Crippen molar-refractivity contribution >= 4 is 28.9 Å². The number of aromatic nitrogens is 4. The minimum atomic E-state index is 0.277. The van der Waals surface area contributed by atoms with Crippen molar-refractivity contribution in [3.63, 3.8) is 0 Å². The topological polar surface area (TPSA) is 80.8 Å². The molecule has 6 heterocycles. The lowest BCUT2D eigenvalue weighted by Gasteiger charge is -2.44. The molecule has 39 heavy (non-hydrogen) atoms. The summed E-state index contributed by atoms with van der Waals surface area (Å²) in [5.41, 5.74) is 4.74. The molecule has 7 rings (SSSR count). The van der Waals surface area contributed by atoms with Crippen LogP contribution in [0.4, 0.5) is 11.6 Å². The lowest BCUT2D eigenvalue weighted by molar-refractivity contribution is -0.992. The molecule has 2 unspecified atom stereocenters. The molecular weight excluding hydrogens is 510 g/mol. The van der Waals surface area contributed by atoms with Gasteiger partial charge in [0, 0.05) is 24.6 Å². The van der Waals surface area contributed by atoms with E-state index in [4.69, 9.17) is 21.3 Å². The fraction of sp³-hybridized carbons (Fsp3) is 0.433. The minimum absolute atomic E-state index is 0.277. The molecule has 4 aromatic rings. The summed E-state index contributed by atoms with van der Waals surface area (Å²) in [5, 5.41) is 7.13. The number of nitrogens with one attached hydrogen (secondary N) is 3. The molecule has 9 heteroatoms. The Hall–Kier alpha value is -3.20. The summed E-state index contributed by atoms with van der Waals surface area (Å²) >= 11 is 6.46. The zero-order chi connectivity index (χ0) is 26.7. The van der Waals surface area contributed by atoms with Crippen LogP contribution in [0.15, 0.2) is 55.0 Å². The Kier molecular flexibility index (Phi) is 7.68. The number of nitrogens with zero attached hydrogens (tertiary/aromatic N) is 4.